The number of benzene rings is 2. The summed E-state index contributed by atoms with van der Waals surface area (Å²) in [6.07, 6.45) is 15.6. The fraction of sp³-hybridized carbons (Fsp3) is 0.484. The van der Waals surface area contributed by atoms with E-state index in [1.165, 1.54) is 44.6 Å². The van der Waals surface area contributed by atoms with Crippen LogP contribution in [0, 0.1) is 11.8 Å². The normalized spacial score (nSPS) is 17.5. The van der Waals surface area contributed by atoms with Gasteiger partial charge < -0.3 is 20.9 Å². The Morgan fingerprint density at radius 3 is 2.27 bits per heavy atom. The summed E-state index contributed by atoms with van der Waals surface area (Å²) in [7, 11) is 0. The van der Waals surface area contributed by atoms with Gasteiger partial charge in [0.05, 0.1) is 12.5 Å². The summed E-state index contributed by atoms with van der Waals surface area (Å²) in [4.78, 5) is 24.7. The summed E-state index contributed by atoms with van der Waals surface area (Å²) in [5, 5.41) is 0. The number of nitrogens with two attached hydrogens (primary N) is 2. The molecule has 0 heterocycles. The summed E-state index contributed by atoms with van der Waals surface area (Å²) in [6.45, 7) is 2.48. The summed E-state index contributed by atoms with van der Waals surface area (Å²) in [5.74, 6) is 0.733. The monoisotopic (exact) mass is 506 g/mol. The van der Waals surface area contributed by atoms with E-state index in [0.29, 0.717) is 23.5 Å². The molecule has 0 amide bonds. The number of unbranched alkanes of at least 4 members (excludes halogenated alkanes) is 4. The molecule has 0 spiro atoms. The van der Waals surface area contributed by atoms with Gasteiger partial charge in [0.2, 0.25) is 0 Å². The van der Waals surface area contributed by atoms with Crippen molar-refractivity contribution in [2.45, 2.75) is 77.6 Å². The van der Waals surface area contributed by atoms with E-state index in [9.17, 15) is 9.59 Å². The van der Waals surface area contributed by atoms with E-state index in [-0.39, 0.29) is 18.5 Å². The van der Waals surface area contributed by atoms with Crippen molar-refractivity contribution in [3.63, 3.8) is 0 Å². The van der Waals surface area contributed by atoms with Gasteiger partial charge in [0.25, 0.3) is 0 Å². The van der Waals surface area contributed by atoms with Gasteiger partial charge in [0, 0.05) is 23.9 Å². The Labute approximate surface area is 221 Å². The average Bonchev–Trinajstić information content (AvgIpc) is 2.88. The molecule has 1 fully saturated rings. The number of rotatable bonds is 13. The highest BCUT2D eigenvalue weighted by Crippen LogP contribution is 2.33. The van der Waals surface area contributed by atoms with Gasteiger partial charge in [-0.05, 0) is 79.1 Å². The minimum Gasteiger partial charge on any atom is -0.462 e. The molecule has 4 N–H and O–H groups in total. The number of nitrogen functional groups attached to an aromatic ring is 2. The van der Waals surface area contributed by atoms with Gasteiger partial charge in [0.15, 0.2) is 0 Å². The van der Waals surface area contributed by atoms with Crippen molar-refractivity contribution in [2.24, 2.45) is 11.8 Å². The minimum atomic E-state index is -0.427. The first kappa shape index (κ1) is 28.3. The first-order chi connectivity index (χ1) is 17.9. The molecule has 2 aromatic carbocycles. The van der Waals surface area contributed by atoms with Crippen LogP contribution in [-0.4, -0.2) is 18.5 Å². The minimum absolute atomic E-state index is 0.00514. The molecule has 0 bridgehead atoms. The molecule has 0 radical (unpaired) electrons. The summed E-state index contributed by atoms with van der Waals surface area (Å²) in [5.41, 5.74) is 14.5. The van der Waals surface area contributed by atoms with Gasteiger partial charge in [-0.3, -0.25) is 4.79 Å². The van der Waals surface area contributed by atoms with E-state index in [0.717, 1.165) is 42.7 Å². The van der Waals surface area contributed by atoms with E-state index >= 15 is 0 Å². The quantitative estimate of drug-likeness (QED) is 0.103. The Morgan fingerprint density at radius 2 is 1.59 bits per heavy atom. The number of ether oxygens (including phenoxy) is 2. The van der Waals surface area contributed by atoms with Crippen molar-refractivity contribution in [2.75, 3.05) is 18.1 Å². The highest BCUT2D eigenvalue weighted by molar-refractivity contribution is 5.87. The smallest absolute Gasteiger partial charge is 0.330 e. The molecule has 1 saturated carbocycles. The van der Waals surface area contributed by atoms with Crippen LogP contribution in [0.15, 0.2) is 48.5 Å². The van der Waals surface area contributed by atoms with Crippen LogP contribution in [0.5, 0.6) is 5.75 Å². The van der Waals surface area contributed by atoms with Gasteiger partial charge in [-0.1, -0.05) is 57.6 Å². The number of carbonyl (C=O) groups excluding carboxylic acids is 2. The van der Waals surface area contributed by atoms with Crippen LogP contribution in [0.4, 0.5) is 11.4 Å². The lowest BCUT2D eigenvalue weighted by Gasteiger charge is -2.27. The molecule has 200 valence electrons. The molecular weight excluding hydrogens is 464 g/mol. The second kappa shape index (κ2) is 15.1. The molecule has 0 saturated heterocycles. The zero-order valence-electron chi connectivity index (χ0n) is 22.1. The van der Waals surface area contributed by atoms with E-state index in [1.54, 1.807) is 24.3 Å². The Bertz CT molecular complexity index is 1000. The molecule has 2 aromatic rings. The highest BCUT2D eigenvalue weighted by atomic mass is 16.5. The number of carbonyl (C=O) groups is 2. The first-order valence-corrected chi connectivity index (χ1v) is 13.7. The van der Waals surface area contributed by atoms with Crippen LogP contribution >= 0.6 is 0 Å². The lowest BCUT2D eigenvalue weighted by molar-refractivity contribution is -0.140. The van der Waals surface area contributed by atoms with Crippen molar-refractivity contribution in [3.05, 3.63) is 59.7 Å². The summed E-state index contributed by atoms with van der Waals surface area (Å²) >= 11 is 0. The third kappa shape index (κ3) is 10.3. The number of anilines is 2. The molecule has 1 aliphatic rings. The predicted molar refractivity (Wildman–Crippen MR) is 150 cm³/mol. The number of hydrogen-bond acceptors (Lipinski definition) is 6. The fourth-order valence-electron chi connectivity index (χ4n) is 4.94. The van der Waals surface area contributed by atoms with Gasteiger partial charge in [-0.25, -0.2) is 4.79 Å². The molecule has 0 aliphatic heterocycles. The maximum Gasteiger partial charge on any atom is 0.330 e. The van der Waals surface area contributed by atoms with Crippen molar-refractivity contribution in [1.29, 1.82) is 0 Å². The van der Waals surface area contributed by atoms with Crippen molar-refractivity contribution in [1.82, 2.24) is 0 Å². The van der Waals surface area contributed by atoms with E-state index < -0.39 is 5.97 Å². The Hall–Kier alpha value is -3.28. The lowest BCUT2D eigenvalue weighted by atomic mass is 9.80. The number of esters is 2. The molecule has 0 atom stereocenters. The van der Waals surface area contributed by atoms with Crippen molar-refractivity contribution >= 4 is 29.4 Å². The standard InChI is InChI=1S/C31H42N2O4/c1-2-3-4-5-6-7-23-8-13-26(14-9-23)31(35)37-29-15-10-24(11-16-29)12-17-30(34)36-19-18-25-20-27(32)22-28(33)21-25/h10-12,15-17,20-23,26H,2-9,13-14,18-19,32-33H2,1H3. The van der Waals surface area contributed by atoms with Crippen molar-refractivity contribution < 1.29 is 19.1 Å². The van der Waals surface area contributed by atoms with E-state index in [1.807, 2.05) is 24.3 Å². The predicted octanol–water partition coefficient (Wildman–Crippen LogP) is 6.72. The van der Waals surface area contributed by atoms with E-state index in [2.05, 4.69) is 6.92 Å². The van der Waals surface area contributed by atoms with Crippen LogP contribution in [0.25, 0.3) is 6.08 Å². The summed E-state index contributed by atoms with van der Waals surface area (Å²) in [6, 6.07) is 12.5. The van der Waals surface area contributed by atoms with Crippen LogP contribution in [-0.2, 0) is 20.7 Å². The average molecular weight is 507 g/mol. The van der Waals surface area contributed by atoms with Gasteiger partial charge >= 0.3 is 11.9 Å². The van der Waals surface area contributed by atoms with Gasteiger partial charge in [-0.15, -0.1) is 0 Å². The first-order valence-electron chi connectivity index (χ1n) is 13.7. The van der Waals surface area contributed by atoms with Crippen LogP contribution in [0.1, 0.15) is 82.3 Å². The third-order valence-electron chi connectivity index (χ3n) is 7.08. The second-order valence-electron chi connectivity index (χ2n) is 10.2. The maximum atomic E-state index is 12.6. The zero-order valence-corrected chi connectivity index (χ0v) is 22.1. The largest absolute Gasteiger partial charge is 0.462 e. The van der Waals surface area contributed by atoms with Crippen LogP contribution in [0.3, 0.4) is 0 Å². The lowest BCUT2D eigenvalue weighted by Crippen LogP contribution is -2.25. The second-order valence-corrected chi connectivity index (χ2v) is 10.2. The molecule has 6 heteroatoms. The van der Waals surface area contributed by atoms with Crippen molar-refractivity contribution in [3.8, 4) is 5.75 Å². The van der Waals surface area contributed by atoms with Gasteiger partial charge in [0.1, 0.15) is 5.75 Å². The number of hydrogen-bond donors (Lipinski definition) is 2. The van der Waals surface area contributed by atoms with Gasteiger partial charge in [-0.2, -0.15) is 0 Å². The topological polar surface area (TPSA) is 105 Å². The zero-order chi connectivity index (χ0) is 26.5. The molecule has 37 heavy (non-hydrogen) atoms. The molecule has 3 rings (SSSR count). The summed E-state index contributed by atoms with van der Waals surface area (Å²) < 4.78 is 10.9. The highest BCUT2D eigenvalue weighted by Gasteiger charge is 2.27. The molecule has 0 aromatic heterocycles. The van der Waals surface area contributed by atoms with Crippen LogP contribution < -0.4 is 16.2 Å². The maximum absolute atomic E-state index is 12.6. The third-order valence-corrected chi connectivity index (χ3v) is 7.08. The SMILES string of the molecule is CCCCCCCC1CCC(C(=O)Oc2ccc(C=CC(=O)OCCc3cc(N)cc(N)c3)cc2)CC1. The molecule has 6 nitrogen and oxygen atoms in total. The molecule has 1 aliphatic carbocycles. The molecular formula is C31H42N2O4. The molecule has 0 unspecified atom stereocenters. The Morgan fingerprint density at radius 1 is 0.919 bits per heavy atom. The van der Waals surface area contributed by atoms with Crippen LogP contribution in [0.2, 0.25) is 0 Å². The Balaban J connectivity index is 1.35. The van der Waals surface area contributed by atoms with E-state index in [4.69, 9.17) is 20.9 Å². The fourth-order valence-corrected chi connectivity index (χ4v) is 4.94. The Kier molecular flexibility index (Phi) is 11.5.